The standard InChI is InChI=1S/C9H16O3/c1-5-8(11-3)6-7(2)9(10)12-4/h8H,2,5-6H2,1,3-4H3. The summed E-state index contributed by atoms with van der Waals surface area (Å²) in [5.41, 5.74) is 0.464. The Kier molecular flexibility index (Phi) is 5.37. The highest BCUT2D eigenvalue weighted by molar-refractivity contribution is 5.87. The molecule has 1 atom stereocenters. The van der Waals surface area contributed by atoms with E-state index in [4.69, 9.17) is 4.74 Å². The number of methoxy groups -OCH3 is 2. The van der Waals surface area contributed by atoms with Crippen LogP contribution in [0.5, 0.6) is 0 Å². The minimum absolute atomic E-state index is 0.0663. The third-order valence-corrected chi connectivity index (χ3v) is 1.74. The molecule has 0 N–H and O–H groups in total. The van der Waals surface area contributed by atoms with Crippen LogP contribution < -0.4 is 0 Å². The van der Waals surface area contributed by atoms with Crippen molar-refractivity contribution in [3.63, 3.8) is 0 Å². The van der Waals surface area contributed by atoms with Crippen LogP contribution in [0.3, 0.4) is 0 Å². The van der Waals surface area contributed by atoms with Gasteiger partial charge in [0.1, 0.15) is 0 Å². The van der Waals surface area contributed by atoms with E-state index >= 15 is 0 Å². The Hall–Kier alpha value is -0.830. The Labute approximate surface area is 73.4 Å². The number of rotatable bonds is 5. The van der Waals surface area contributed by atoms with E-state index in [2.05, 4.69) is 11.3 Å². The van der Waals surface area contributed by atoms with E-state index in [-0.39, 0.29) is 12.1 Å². The van der Waals surface area contributed by atoms with E-state index in [1.807, 2.05) is 6.92 Å². The van der Waals surface area contributed by atoms with Crippen LogP contribution in [0.4, 0.5) is 0 Å². The lowest BCUT2D eigenvalue weighted by Crippen LogP contribution is -2.14. The molecule has 0 aromatic rings. The van der Waals surface area contributed by atoms with Gasteiger partial charge in [-0.25, -0.2) is 4.79 Å². The average molecular weight is 172 g/mol. The fourth-order valence-corrected chi connectivity index (χ4v) is 0.897. The fraction of sp³-hybridized carbons (Fsp3) is 0.667. The van der Waals surface area contributed by atoms with Gasteiger partial charge in [-0.3, -0.25) is 0 Å². The predicted molar refractivity (Wildman–Crippen MR) is 46.9 cm³/mol. The van der Waals surface area contributed by atoms with E-state index in [1.165, 1.54) is 7.11 Å². The van der Waals surface area contributed by atoms with Gasteiger partial charge in [-0.1, -0.05) is 13.5 Å². The van der Waals surface area contributed by atoms with Crippen LogP contribution in [0.15, 0.2) is 12.2 Å². The predicted octanol–water partition coefficient (Wildman–Crippen LogP) is 1.53. The summed E-state index contributed by atoms with van der Waals surface area (Å²) in [7, 11) is 2.97. The molecule has 0 aromatic heterocycles. The highest BCUT2D eigenvalue weighted by Gasteiger charge is 2.12. The quantitative estimate of drug-likeness (QED) is 0.466. The highest BCUT2D eigenvalue weighted by atomic mass is 16.5. The molecule has 70 valence electrons. The van der Waals surface area contributed by atoms with Crippen molar-refractivity contribution >= 4 is 5.97 Å². The van der Waals surface area contributed by atoms with Crippen LogP contribution in [0.25, 0.3) is 0 Å². The van der Waals surface area contributed by atoms with Crippen molar-refractivity contribution in [2.75, 3.05) is 14.2 Å². The van der Waals surface area contributed by atoms with Crippen molar-refractivity contribution in [3.8, 4) is 0 Å². The summed E-state index contributed by atoms with van der Waals surface area (Å²) in [4.78, 5) is 10.9. The summed E-state index contributed by atoms with van der Waals surface area (Å²) < 4.78 is 9.60. The SMILES string of the molecule is C=C(CC(CC)OC)C(=O)OC. The maximum Gasteiger partial charge on any atom is 0.333 e. The Morgan fingerprint density at radius 2 is 2.08 bits per heavy atom. The Balaban J connectivity index is 3.89. The minimum atomic E-state index is -0.356. The number of carbonyl (C=O) groups excluding carboxylic acids is 1. The molecule has 3 heteroatoms. The number of ether oxygens (including phenoxy) is 2. The summed E-state index contributed by atoms with van der Waals surface area (Å²) in [5, 5.41) is 0. The average Bonchev–Trinajstić information content (AvgIpc) is 2.12. The van der Waals surface area contributed by atoms with Crippen molar-refractivity contribution in [3.05, 3.63) is 12.2 Å². The van der Waals surface area contributed by atoms with Gasteiger partial charge < -0.3 is 9.47 Å². The lowest BCUT2D eigenvalue weighted by atomic mass is 10.1. The fourth-order valence-electron chi connectivity index (χ4n) is 0.897. The molecule has 0 aliphatic carbocycles. The second-order valence-corrected chi connectivity index (χ2v) is 2.57. The summed E-state index contributed by atoms with van der Waals surface area (Å²) in [5.74, 6) is -0.356. The maximum absolute atomic E-state index is 10.9. The zero-order chi connectivity index (χ0) is 9.56. The molecule has 0 aliphatic rings. The maximum atomic E-state index is 10.9. The summed E-state index contributed by atoms with van der Waals surface area (Å²) in [6, 6.07) is 0. The van der Waals surface area contributed by atoms with Crippen LogP contribution in [-0.4, -0.2) is 26.3 Å². The number of carbonyl (C=O) groups is 1. The van der Waals surface area contributed by atoms with Gasteiger partial charge in [-0.15, -0.1) is 0 Å². The van der Waals surface area contributed by atoms with Crippen LogP contribution in [-0.2, 0) is 14.3 Å². The van der Waals surface area contributed by atoms with Gasteiger partial charge in [0.25, 0.3) is 0 Å². The van der Waals surface area contributed by atoms with Gasteiger partial charge in [0.15, 0.2) is 0 Å². The molecule has 12 heavy (non-hydrogen) atoms. The summed E-state index contributed by atoms with van der Waals surface area (Å²) in [6.45, 7) is 5.61. The normalized spacial score (nSPS) is 12.2. The molecule has 1 unspecified atom stereocenters. The number of esters is 1. The van der Waals surface area contributed by atoms with Gasteiger partial charge in [0.2, 0.25) is 0 Å². The molecular weight excluding hydrogens is 156 g/mol. The largest absolute Gasteiger partial charge is 0.466 e. The zero-order valence-corrected chi connectivity index (χ0v) is 7.92. The van der Waals surface area contributed by atoms with Gasteiger partial charge in [0, 0.05) is 19.1 Å². The molecule has 0 saturated carbocycles. The molecule has 0 aromatic carbocycles. The highest BCUT2D eigenvalue weighted by Crippen LogP contribution is 2.10. The van der Waals surface area contributed by atoms with E-state index in [0.29, 0.717) is 12.0 Å². The molecular formula is C9H16O3. The third-order valence-electron chi connectivity index (χ3n) is 1.74. The molecule has 0 radical (unpaired) electrons. The van der Waals surface area contributed by atoms with Crippen LogP contribution in [0, 0.1) is 0 Å². The van der Waals surface area contributed by atoms with Crippen LogP contribution >= 0.6 is 0 Å². The van der Waals surface area contributed by atoms with Gasteiger partial charge in [0.05, 0.1) is 13.2 Å². The smallest absolute Gasteiger partial charge is 0.333 e. The first-order valence-corrected chi connectivity index (χ1v) is 3.94. The van der Waals surface area contributed by atoms with Crippen molar-refractivity contribution in [2.45, 2.75) is 25.9 Å². The lowest BCUT2D eigenvalue weighted by Gasteiger charge is -2.12. The first-order valence-electron chi connectivity index (χ1n) is 3.94. The summed E-state index contributed by atoms with van der Waals surface area (Å²) in [6.07, 6.45) is 1.48. The molecule has 0 rings (SSSR count). The van der Waals surface area contributed by atoms with Gasteiger partial charge in [-0.05, 0) is 6.42 Å². The van der Waals surface area contributed by atoms with E-state index in [9.17, 15) is 4.79 Å². The number of hydrogen-bond acceptors (Lipinski definition) is 3. The van der Waals surface area contributed by atoms with Crippen LogP contribution in [0.2, 0.25) is 0 Å². The molecule has 0 bridgehead atoms. The zero-order valence-electron chi connectivity index (χ0n) is 7.92. The van der Waals surface area contributed by atoms with E-state index in [0.717, 1.165) is 6.42 Å². The molecule has 0 heterocycles. The first-order chi connectivity index (χ1) is 5.65. The second-order valence-electron chi connectivity index (χ2n) is 2.57. The van der Waals surface area contributed by atoms with Crippen molar-refractivity contribution in [1.29, 1.82) is 0 Å². The Morgan fingerprint density at radius 1 is 1.50 bits per heavy atom. The van der Waals surface area contributed by atoms with Crippen LogP contribution in [0.1, 0.15) is 19.8 Å². The Morgan fingerprint density at radius 3 is 2.42 bits per heavy atom. The van der Waals surface area contributed by atoms with Crippen molar-refractivity contribution in [1.82, 2.24) is 0 Å². The molecule has 0 saturated heterocycles. The molecule has 0 aliphatic heterocycles. The number of hydrogen-bond donors (Lipinski definition) is 0. The molecule has 0 spiro atoms. The topological polar surface area (TPSA) is 35.5 Å². The Bertz CT molecular complexity index is 159. The molecule has 0 fully saturated rings. The molecule has 0 amide bonds. The lowest BCUT2D eigenvalue weighted by molar-refractivity contribution is -0.136. The molecule has 3 nitrogen and oxygen atoms in total. The van der Waals surface area contributed by atoms with E-state index in [1.54, 1.807) is 7.11 Å². The minimum Gasteiger partial charge on any atom is -0.466 e. The van der Waals surface area contributed by atoms with E-state index < -0.39 is 0 Å². The van der Waals surface area contributed by atoms with Gasteiger partial charge in [-0.2, -0.15) is 0 Å². The van der Waals surface area contributed by atoms with Crippen molar-refractivity contribution < 1.29 is 14.3 Å². The monoisotopic (exact) mass is 172 g/mol. The third kappa shape index (κ3) is 3.53. The summed E-state index contributed by atoms with van der Waals surface area (Å²) >= 11 is 0. The van der Waals surface area contributed by atoms with Crippen molar-refractivity contribution in [2.24, 2.45) is 0 Å². The second kappa shape index (κ2) is 5.77. The van der Waals surface area contributed by atoms with Gasteiger partial charge >= 0.3 is 5.97 Å². The first kappa shape index (κ1) is 11.2.